The molecule has 2 aliphatic heterocycles. The van der Waals surface area contributed by atoms with Crippen molar-refractivity contribution in [2.45, 2.75) is 50.9 Å². The minimum atomic E-state index is -2.56. The van der Waals surface area contributed by atoms with E-state index in [2.05, 4.69) is 20.3 Å². The molecule has 11 heteroatoms. The summed E-state index contributed by atoms with van der Waals surface area (Å²) in [5.74, 6) is 0.886. The van der Waals surface area contributed by atoms with Gasteiger partial charge in [0.1, 0.15) is 12.4 Å². The molecule has 2 fully saturated rings. The van der Waals surface area contributed by atoms with E-state index in [0.29, 0.717) is 53.4 Å². The average molecular weight is 472 g/mol. The van der Waals surface area contributed by atoms with Gasteiger partial charge < -0.3 is 20.1 Å². The number of fused-ring (bicyclic) bond motifs is 3. The SMILES string of the molecule is O=C(CCCO)Nc1ccc(-c2nc(N3CC4CCC(C3)O4)c3cnn(CC(F)F)c3n2)cc1. The number of aliphatic hydroxyl groups is 1. The summed E-state index contributed by atoms with van der Waals surface area (Å²) in [5, 5.41) is 16.4. The number of carbonyl (C=O) groups excluding carboxylic acids is 1. The first-order chi connectivity index (χ1) is 16.5. The molecule has 180 valence electrons. The van der Waals surface area contributed by atoms with Crippen LogP contribution in [0.4, 0.5) is 20.3 Å². The summed E-state index contributed by atoms with van der Waals surface area (Å²) in [6, 6.07) is 7.04. The fraction of sp³-hybridized carbons (Fsp3) is 0.478. The van der Waals surface area contributed by atoms with Crippen LogP contribution in [0.5, 0.6) is 0 Å². The van der Waals surface area contributed by atoms with Gasteiger partial charge in [-0.1, -0.05) is 0 Å². The Balaban J connectivity index is 1.48. The highest BCUT2D eigenvalue weighted by Crippen LogP contribution is 2.34. The van der Waals surface area contributed by atoms with E-state index in [0.717, 1.165) is 12.8 Å². The fourth-order valence-corrected chi connectivity index (χ4v) is 4.53. The van der Waals surface area contributed by atoms with Crippen LogP contribution in [0.2, 0.25) is 0 Å². The number of amides is 1. The highest BCUT2D eigenvalue weighted by atomic mass is 19.3. The molecule has 34 heavy (non-hydrogen) atoms. The van der Waals surface area contributed by atoms with Crippen molar-refractivity contribution in [3.8, 4) is 11.4 Å². The van der Waals surface area contributed by atoms with Crippen molar-refractivity contribution < 1.29 is 23.4 Å². The summed E-state index contributed by atoms with van der Waals surface area (Å²) in [5.41, 5.74) is 1.67. The van der Waals surface area contributed by atoms with Gasteiger partial charge in [-0.15, -0.1) is 0 Å². The van der Waals surface area contributed by atoms with Crippen LogP contribution in [-0.4, -0.2) is 69.1 Å². The van der Waals surface area contributed by atoms with Gasteiger partial charge in [0.05, 0.1) is 23.8 Å². The van der Waals surface area contributed by atoms with Crippen molar-refractivity contribution in [1.82, 2.24) is 19.7 Å². The minimum Gasteiger partial charge on any atom is -0.396 e. The standard InChI is InChI=1S/C23H26F2N6O3/c24-19(25)13-31-23-18(10-26-31)22(30-11-16-7-8-17(12-30)34-16)28-21(29-23)14-3-5-15(6-4-14)27-20(33)2-1-9-32/h3-6,10,16-17,19,32H,1-2,7-9,11-13H2,(H,27,33). The average Bonchev–Trinajstić information content (AvgIpc) is 3.39. The van der Waals surface area contributed by atoms with Crippen molar-refractivity contribution in [2.24, 2.45) is 0 Å². The number of halogens is 2. The molecule has 0 aliphatic carbocycles. The third-order valence-corrected chi connectivity index (χ3v) is 6.12. The molecule has 2 aromatic heterocycles. The van der Waals surface area contributed by atoms with Crippen LogP contribution in [0, 0.1) is 0 Å². The Bertz CT molecular complexity index is 1160. The van der Waals surface area contributed by atoms with Crippen LogP contribution in [0.15, 0.2) is 30.5 Å². The molecule has 2 saturated heterocycles. The van der Waals surface area contributed by atoms with E-state index in [4.69, 9.17) is 14.8 Å². The molecule has 5 rings (SSSR count). The van der Waals surface area contributed by atoms with Crippen LogP contribution in [0.1, 0.15) is 25.7 Å². The summed E-state index contributed by atoms with van der Waals surface area (Å²) in [7, 11) is 0. The van der Waals surface area contributed by atoms with Crippen LogP contribution in [0.3, 0.4) is 0 Å². The first-order valence-corrected chi connectivity index (χ1v) is 11.4. The smallest absolute Gasteiger partial charge is 0.258 e. The number of anilines is 2. The number of nitrogens with one attached hydrogen (secondary N) is 1. The summed E-state index contributed by atoms with van der Waals surface area (Å²) in [4.78, 5) is 23.5. The number of aromatic nitrogens is 4. The normalized spacial score (nSPS) is 19.8. The number of aliphatic hydroxyl groups excluding tert-OH is 1. The van der Waals surface area contributed by atoms with E-state index in [1.165, 1.54) is 4.68 Å². The molecule has 2 bridgehead atoms. The molecule has 0 radical (unpaired) electrons. The predicted molar refractivity (Wildman–Crippen MR) is 122 cm³/mol. The molecule has 9 nitrogen and oxygen atoms in total. The number of benzene rings is 1. The second kappa shape index (κ2) is 9.59. The van der Waals surface area contributed by atoms with E-state index in [1.807, 2.05) is 0 Å². The van der Waals surface area contributed by atoms with Crippen molar-refractivity contribution in [3.05, 3.63) is 30.5 Å². The van der Waals surface area contributed by atoms with Crippen molar-refractivity contribution in [3.63, 3.8) is 0 Å². The monoisotopic (exact) mass is 472 g/mol. The van der Waals surface area contributed by atoms with Crippen LogP contribution in [-0.2, 0) is 16.1 Å². The zero-order valence-corrected chi connectivity index (χ0v) is 18.5. The van der Waals surface area contributed by atoms with E-state index >= 15 is 0 Å². The molecule has 0 saturated carbocycles. The minimum absolute atomic E-state index is 0.0404. The van der Waals surface area contributed by atoms with E-state index in [9.17, 15) is 13.6 Å². The Morgan fingerprint density at radius 1 is 1.18 bits per heavy atom. The van der Waals surface area contributed by atoms with Gasteiger partial charge in [-0.05, 0) is 43.5 Å². The van der Waals surface area contributed by atoms with Gasteiger partial charge in [0.2, 0.25) is 5.91 Å². The van der Waals surface area contributed by atoms with Gasteiger partial charge in [-0.25, -0.2) is 23.4 Å². The molecule has 0 spiro atoms. The second-order valence-electron chi connectivity index (χ2n) is 8.64. The van der Waals surface area contributed by atoms with E-state index in [1.54, 1.807) is 30.5 Å². The lowest BCUT2D eigenvalue weighted by molar-refractivity contribution is -0.116. The van der Waals surface area contributed by atoms with Crippen molar-refractivity contribution in [1.29, 1.82) is 0 Å². The molecule has 1 aromatic carbocycles. The maximum absolute atomic E-state index is 13.2. The Labute approximate surface area is 194 Å². The maximum atomic E-state index is 13.2. The van der Waals surface area contributed by atoms with Crippen LogP contribution < -0.4 is 10.2 Å². The zero-order chi connectivity index (χ0) is 23.7. The Hall–Kier alpha value is -3.18. The molecular formula is C23H26F2N6O3. The molecule has 2 aliphatic rings. The lowest BCUT2D eigenvalue weighted by Gasteiger charge is -2.33. The van der Waals surface area contributed by atoms with Gasteiger partial charge in [0, 0.05) is 37.4 Å². The summed E-state index contributed by atoms with van der Waals surface area (Å²) < 4.78 is 33.5. The third-order valence-electron chi connectivity index (χ3n) is 6.12. The fourth-order valence-electron chi connectivity index (χ4n) is 4.53. The second-order valence-corrected chi connectivity index (χ2v) is 8.64. The number of carbonyl (C=O) groups is 1. The maximum Gasteiger partial charge on any atom is 0.258 e. The summed E-state index contributed by atoms with van der Waals surface area (Å²) in [6.07, 6.45) is 1.90. The predicted octanol–water partition coefficient (Wildman–Crippen LogP) is 2.84. The lowest BCUT2D eigenvalue weighted by Crippen LogP contribution is -2.43. The zero-order valence-electron chi connectivity index (χ0n) is 18.5. The van der Waals surface area contributed by atoms with Crippen molar-refractivity contribution >= 4 is 28.4 Å². The molecule has 2 atom stereocenters. The first-order valence-electron chi connectivity index (χ1n) is 11.4. The molecule has 2 N–H and O–H groups in total. The van der Waals surface area contributed by atoms with Gasteiger partial charge in [0.25, 0.3) is 6.43 Å². The summed E-state index contributed by atoms with van der Waals surface area (Å²) >= 11 is 0. The molecule has 3 aromatic rings. The number of hydrogen-bond acceptors (Lipinski definition) is 7. The molecular weight excluding hydrogens is 446 g/mol. The summed E-state index contributed by atoms with van der Waals surface area (Å²) in [6.45, 7) is 0.773. The molecule has 2 unspecified atom stereocenters. The lowest BCUT2D eigenvalue weighted by atomic mass is 10.1. The first kappa shape index (κ1) is 22.6. The van der Waals surface area contributed by atoms with Gasteiger partial charge in [-0.2, -0.15) is 5.10 Å². The van der Waals surface area contributed by atoms with Gasteiger partial charge >= 0.3 is 0 Å². The van der Waals surface area contributed by atoms with Crippen molar-refractivity contribution in [2.75, 3.05) is 29.9 Å². The number of alkyl halides is 2. The van der Waals surface area contributed by atoms with Crippen LogP contribution >= 0.6 is 0 Å². The highest BCUT2D eigenvalue weighted by molar-refractivity contribution is 5.91. The quantitative estimate of drug-likeness (QED) is 0.519. The number of rotatable bonds is 8. The molecule has 1 amide bonds. The van der Waals surface area contributed by atoms with E-state index in [-0.39, 0.29) is 31.1 Å². The van der Waals surface area contributed by atoms with Gasteiger partial charge in [0.15, 0.2) is 11.5 Å². The van der Waals surface area contributed by atoms with E-state index < -0.39 is 13.0 Å². The third kappa shape index (κ3) is 4.71. The number of ether oxygens (including phenoxy) is 1. The van der Waals surface area contributed by atoms with Crippen LogP contribution in [0.25, 0.3) is 22.4 Å². The number of hydrogen-bond donors (Lipinski definition) is 2. The Morgan fingerprint density at radius 3 is 2.59 bits per heavy atom. The topological polar surface area (TPSA) is 105 Å². The number of morpholine rings is 1. The Morgan fingerprint density at radius 2 is 1.91 bits per heavy atom. The van der Waals surface area contributed by atoms with Gasteiger partial charge in [-0.3, -0.25) is 4.79 Å². The largest absolute Gasteiger partial charge is 0.396 e. The molecule has 4 heterocycles. The Kier molecular flexibility index (Phi) is 6.38. The number of nitrogens with zero attached hydrogens (tertiary/aromatic N) is 5. The highest BCUT2D eigenvalue weighted by Gasteiger charge is 2.35.